The minimum absolute atomic E-state index is 0.175. The van der Waals surface area contributed by atoms with Gasteiger partial charge in [0, 0.05) is 13.2 Å². The van der Waals surface area contributed by atoms with Crippen molar-refractivity contribution in [1.29, 1.82) is 0 Å². The van der Waals surface area contributed by atoms with Gasteiger partial charge in [0.15, 0.2) is 0 Å². The first-order valence-corrected chi connectivity index (χ1v) is 6.29. The van der Waals surface area contributed by atoms with Crippen molar-refractivity contribution in [1.82, 2.24) is 4.98 Å². The van der Waals surface area contributed by atoms with Gasteiger partial charge >= 0.3 is 0 Å². The van der Waals surface area contributed by atoms with Gasteiger partial charge in [-0.15, -0.1) is 0 Å². The van der Waals surface area contributed by atoms with Crippen molar-refractivity contribution < 1.29 is 9.90 Å². The second-order valence-electron chi connectivity index (χ2n) is 4.59. The molecule has 1 aromatic heterocycles. The van der Waals surface area contributed by atoms with E-state index in [-0.39, 0.29) is 11.7 Å². The lowest BCUT2D eigenvalue weighted by atomic mass is 10.1. The van der Waals surface area contributed by atoms with Crippen molar-refractivity contribution in [2.24, 2.45) is 5.73 Å². The monoisotopic (exact) mass is 271 g/mol. The Hall–Kier alpha value is -2.40. The number of likely N-dealkylation sites (N-methyl/N-ethyl adjacent to an activating group) is 1. The van der Waals surface area contributed by atoms with Gasteiger partial charge in [-0.2, -0.15) is 0 Å². The van der Waals surface area contributed by atoms with E-state index in [1.807, 2.05) is 0 Å². The molecule has 1 atom stereocenters. The van der Waals surface area contributed by atoms with Gasteiger partial charge in [-0.25, -0.2) is 0 Å². The van der Waals surface area contributed by atoms with Crippen LogP contribution in [-0.2, 0) is 11.2 Å². The number of nitrogens with zero attached hydrogens (tertiary/aromatic N) is 2. The van der Waals surface area contributed by atoms with Crippen molar-refractivity contribution in [3.8, 4) is 5.75 Å². The number of aromatic hydroxyl groups is 1. The fraction of sp³-hybridized carbons (Fsp3) is 0.200. The van der Waals surface area contributed by atoms with Crippen molar-refractivity contribution in [3.05, 3.63) is 54.4 Å². The predicted octanol–water partition coefficient (Wildman–Crippen LogP) is 1.32. The lowest BCUT2D eigenvalue weighted by molar-refractivity contribution is -0.119. The highest BCUT2D eigenvalue weighted by Crippen LogP contribution is 2.14. The molecule has 0 spiro atoms. The molecule has 0 bridgehead atoms. The third-order valence-corrected chi connectivity index (χ3v) is 3.07. The zero-order valence-corrected chi connectivity index (χ0v) is 11.2. The Kier molecular flexibility index (Phi) is 4.32. The Morgan fingerprint density at radius 1 is 1.35 bits per heavy atom. The molecule has 20 heavy (non-hydrogen) atoms. The summed E-state index contributed by atoms with van der Waals surface area (Å²) in [5.41, 5.74) is 7.56. The highest BCUT2D eigenvalue weighted by molar-refractivity contribution is 5.96. The SMILES string of the molecule is CN(C(=O)C(N)Cc1ccc(O)cc1)c1cccnc1. The molecule has 104 valence electrons. The van der Waals surface area contributed by atoms with Crippen LogP contribution in [0.5, 0.6) is 5.75 Å². The van der Waals surface area contributed by atoms with Gasteiger partial charge < -0.3 is 15.7 Å². The van der Waals surface area contributed by atoms with Crippen LogP contribution in [0.15, 0.2) is 48.8 Å². The highest BCUT2D eigenvalue weighted by Gasteiger charge is 2.19. The molecule has 5 nitrogen and oxygen atoms in total. The molecule has 0 saturated heterocycles. The molecule has 3 N–H and O–H groups in total. The number of pyridine rings is 1. The quantitative estimate of drug-likeness (QED) is 0.879. The van der Waals surface area contributed by atoms with E-state index >= 15 is 0 Å². The summed E-state index contributed by atoms with van der Waals surface area (Å²) in [5, 5.41) is 9.22. The van der Waals surface area contributed by atoms with Gasteiger partial charge in [-0.1, -0.05) is 12.1 Å². The third-order valence-electron chi connectivity index (χ3n) is 3.07. The fourth-order valence-corrected chi connectivity index (χ4v) is 1.90. The Labute approximate surface area is 117 Å². The second kappa shape index (κ2) is 6.16. The number of aromatic nitrogens is 1. The van der Waals surface area contributed by atoms with Crippen molar-refractivity contribution >= 4 is 11.6 Å². The molecule has 2 aromatic rings. The molecule has 5 heteroatoms. The molecule has 1 unspecified atom stereocenters. The molecular formula is C15H17N3O2. The Morgan fingerprint density at radius 3 is 2.65 bits per heavy atom. The number of nitrogens with two attached hydrogens (primary N) is 1. The van der Waals surface area contributed by atoms with Crippen LogP contribution in [0.25, 0.3) is 0 Å². The van der Waals surface area contributed by atoms with E-state index in [1.54, 1.807) is 55.8 Å². The Balaban J connectivity index is 2.03. The van der Waals surface area contributed by atoms with Crippen LogP contribution in [-0.4, -0.2) is 29.1 Å². The number of carbonyl (C=O) groups is 1. The normalized spacial score (nSPS) is 11.9. The first kappa shape index (κ1) is 14.0. The summed E-state index contributed by atoms with van der Waals surface area (Å²) in [4.78, 5) is 17.7. The number of benzene rings is 1. The van der Waals surface area contributed by atoms with Gasteiger partial charge in [0.05, 0.1) is 17.9 Å². The summed E-state index contributed by atoms with van der Waals surface area (Å²) in [6, 6.07) is 9.61. The fourth-order valence-electron chi connectivity index (χ4n) is 1.90. The lowest BCUT2D eigenvalue weighted by Gasteiger charge is -2.21. The van der Waals surface area contributed by atoms with Gasteiger partial charge in [0.2, 0.25) is 5.91 Å². The van der Waals surface area contributed by atoms with E-state index in [1.165, 1.54) is 4.90 Å². The first-order valence-electron chi connectivity index (χ1n) is 6.29. The zero-order valence-electron chi connectivity index (χ0n) is 11.2. The molecule has 1 heterocycles. The first-order chi connectivity index (χ1) is 9.58. The molecule has 1 aromatic carbocycles. The van der Waals surface area contributed by atoms with Crippen LogP contribution in [0.4, 0.5) is 5.69 Å². The van der Waals surface area contributed by atoms with Crippen LogP contribution in [0.3, 0.4) is 0 Å². The Morgan fingerprint density at radius 2 is 2.05 bits per heavy atom. The number of anilines is 1. The van der Waals surface area contributed by atoms with Gasteiger partial charge in [0.25, 0.3) is 0 Å². The third kappa shape index (κ3) is 3.33. The number of hydrogen-bond donors (Lipinski definition) is 2. The minimum atomic E-state index is -0.634. The van der Waals surface area contributed by atoms with E-state index in [0.29, 0.717) is 12.1 Å². The molecule has 0 fully saturated rings. The van der Waals surface area contributed by atoms with E-state index in [9.17, 15) is 9.90 Å². The molecule has 0 aliphatic heterocycles. The van der Waals surface area contributed by atoms with Crippen molar-refractivity contribution in [2.75, 3.05) is 11.9 Å². The minimum Gasteiger partial charge on any atom is -0.508 e. The summed E-state index contributed by atoms with van der Waals surface area (Å²) in [6.07, 6.45) is 3.69. The largest absolute Gasteiger partial charge is 0.508 e. The molecule has 0 aliphatic rings. The summed E-state index contributed by atoms with van der Waals surface area (Å²) >= 11 is 0. The maximum atomic E-state index is 12.2. The van der Waals surface area contributed by atoms with E-state index in [4.69, 9.17) is 5.73 Å². The number of rotatable bonds is 4. The number of hydrogen-bond acceptors (Lipinski definition) is 4. The number of carbonyl (C=O) groups excluding carboxylic acids is 1. The average Bonchev–Trinajstić information content (AvgIpc) is 2.49. The molecular weight excluding hydrogens is 254 g/mol. The van der Waals surface area contributed by atoms with Crippen LogP contribution < -0.4 is 10.6 Å². The topological polar surface area (TPSA) is 79.5 Å². The maximum absolute atomic E-state index is 12.2. The number of phenolic OH excluding ortho intramolecular Hbond substituents is 1. The smallest absolute Gasteiger partial charge is 0.244 e. The molecule has 1 amide bonds. The van der Waals surface area contributed by atoms with E-state index in [0.717, 1.165) is 5.56 Å². The zero-order chi connectivity index (χ0) is 14.5. The van der Waals surface area contributed by atoms with Crippen molar-refractivity contribution in [2.45, 2.75) is 12.5 Å². The second-order valence-corrected chi connectivity index (χ2v) is 4.59. The van der Waals surface area contributed by atoms with Crippen LogP contribution in [0.2, 0.25) is 0 Å². The standard InChI is InChI=1S/C15H17N3O2/c1-18(12-3-2-8-17-10-12)15(20)14(16)9-11-4-6-13(19)7-5-11/h2-8,10,14,19H,9,16H2,1H3. The number of phenols is 1. The van der Waals surface area contributed by atoms with Crippen LogP contribution >= 0.6 is 0 Å². The average molecular weight is 271 g/mol. The number of amides is 1. The van der Waals surface area contributed by atoms with Gasteiger partial charge in [0.1, 0.15) is 5.75 Å². The molecule has 0 saturated carbocycles. The summed E-state index contributed by atoms with van der Waals surface area (Å²) in [5.74, 6) is 0.0206. The summed E-state index contributed by atoms with van der Waals surface area (Å²) in [6.45, 7) is 0. The Bertz CT molecular complexity index is 569. The summed E-state index contributed by atoms with van der Waals surface area (Å²) in [7, 11) is 1.68. The maximum Gasteiger partial charge on any atom is 0.244 e. The van der Waals surface area contributed by atoms with Gasteiger partial charge in [-0.05, 0) is 36.2 Å². The van der Waals surface area contributed by atoms with Crippen LogP contribution in [0, 0.1) is 0 Å². The highest BCUT2D eigenvalue weighted by atomic mass is 16.3. The molecule has 0 aliphatic carbocycles. The van der Waals surface area contributed by atoms with Crippen molar-refractivity contribution in [3.63, 3.8) is 0 Å². The van der Waals surface area contributed by atoms with Crippen LogP contribution in [0.1, 0.15) is 5.56 Å². The predicted molar refractivity (Wildman–Crippen MR) is 77.4 cm³/mol. The molecule has 2 rings (SSSR count). The molecule has 0 radical (unpaired) electrons. The van der Waals surface area contributed by atoms with Gasteiger partial charge in [-0.3, -0.25) is 9.78 Å². The summed E-state index contributed by atoms with van der Waals surface area (Å²) < 4.78 is 0. The van der Waals surface area contributed by atoms with E-state index < -0.39 is 6.04 Å². The van der Waals surface area contributed by atoms with E-state index in [2.05, 4.69) is 4.98 Å². The lowest BCUT2D eigenvalue weighted by Crippen LogP contribution is -2.43.